The van der Waals surface area contributed by atoms with Crippen molar-refractivity contribution >= 4 is 11.7 Å². The Morgan fingerprint density at radius 1 is 1.05 bits per heavy atom. The van der Waals surface area contributed by atoms with Gasteiger partial charge in [-0.3, -0.25) is 10.1 Å². The number of benzene rings is 4. The van der Waals surface area contributed by atoms with Crippen LogP contribution in [0.5, 0.6) is 23.0 Å². The van der Waals surface area contributed by atoms with Gasteiger partial charge in [-0.05, 0) is 42.8 Å². The van der Waals surface area contributed by atoms with E-state index < -0.39 is 16.8 Å². The summed E-state index contributed by atoms with van der Waals surface area (Å²) in [4.78, 5) is 23.2. The van der Waals surface area contributed by atoms with Crippen molar-refractivity contribution in [1.82, 2.24) is 0 Å². The Morgan fingerprint density at radius 2 is 1.86 bits per heavy atom. The molecule has 0 fully saturated rings. The van der Waals surface area contributed by atoms with Gasteiger partial charge in [-0.25, -0.2) is 9.18 Å². The smallest absolute Gasteiger partial charge is 0.343 e. The number of allylic oxidation sites excluding steroid dienone is 1. The lowest BCUT2D eigenvalue weighted by Crippen LogP contribution is -2.21. The summed E-state index contributed by atoms with van der Waals surface area (Å²) in [5.74, 6) is -0.828. The Labute approximate surface area is 245 Å². The molecule has 43 heavy (non-hydrogen) atoms. The fraction of sp³-hybridized carbons (Fsp3) is 0.125. The number of esters is 1. The first-order chi connectivity index (χ1) is 20.8. The summed E-state index contributed by atoms with van der Waals surface area (Å²) in [6.45, 7) is 2.12. The number of nitro groups is 1. The van der Waals surface area contributed by atoms with E-state index in [0.29, 0.717) is 34.8 Å². The van der Waals surface area contributed by atoms with Gasteiger partial charge in [0.1, 0.15) is 35.6 Å². The normalized spacial score (nSPS) is 13.7. The molecule has 1 heterocycles. The number of nitrogens with zero attached hydrogens (tertiary/aromatic N) is 2. The molecule has 2 N–H and O–H groups in total. The maximum Gasteiger partial charge on any atom is 0.343 e. The average molecular weight is 582 g/mol. The molecule has 0 saturated carbocycles. The van der Waals surface area contributed by atoms with Gasteiger partial charge in [-0.1, -0.05) is 36.4 Å². The number of rotatable bonds is 9. The van der Waals surface area contributed by atoms with Crippen molar-refractivity contribution in [1.29, 1.82) is 5.26 Å². The van der Waals surface area contributed by atoms with Crippen LogP contribution in [0.4, 0.5) is 10.1 Å². The summed E-state index contributed by atoms with van der Waals surface area (Å²) in [5.41, 5.74) is 7.66. The van der Waals surface area contributed by atoms with Gasteiger partial charge in [0.25, 0.3) is 5.69 Å². The molecule has 1 aliphatic heterocycles. The minimum Gasteiger partial charge on any atom is -0.490 e. The predicted molar refractivity (Wildman–Crippen MR) is 152 cm³/mol. The van der Waals surface area contributed by atoms with Crippen molar-refractivity contribution in [3.8, 4) is 29.1 Å². The monoisotopic (exact) mass is 581 g/mol. The zero-order valence-electron chi connectivity index (χ0n) is 22.8. The number of non-ortho nitro benzene ring substituents is 1. The number of hydrogen-bond acceptors (Lipinski definition) is 9. The van der Waals surface area contributed by atoms with Gasteiger partial charge in [-0.2, -0.15) is 5.26 Å². The fourth-order valence-corrected chi connectivity index (χ4v) is 4.62. The number of nitro benzene ring substituents is 1. The number of hydrogen-bond donors (Lipinski definition) is 1. The van der Waals surface area contributed by atoms with E-state index in [1.165, 1.54) is 36.4 Å². The quantitative estimate of drug-likeness (QED) is 0.106. The van der Waals surface area contributed by atoms with Crippen molar-refractivity contribution in [3.63, 3.8) is 0 Å². The topological polar surface area (TPSA) is 147 Å². The second-order valence-electron chi connectivity index (χ2n) is 9.34. The third-order valence-corrected chi connectivity index (χ3v) is 6.64. The molecule has 10 nitrogen and oxygen atoms in total. The fourth-order valence-electron chi connectivity index (χ4n) is 4.62. The van der Waals surface area contributed by atoms with Crippen LogP contribution in [0, 0.1) is 27.3 Å². The number of ether oxygens (including phenoxy) is 4. The van der Waals surface area contributed by atoms with Crippen LogP contribution in [0.2, 0.25) is 0 Å². The van der Waals surface area contributed by atoms with Gasteiger partial charge >= 0.3 is 5.97 Å². The van der Waals surface area contributed by atoms with Crippen LogP contribution in [0.3, 0.4) is 0 Å². The van der Waals surface area contributed by atoms with E-state index in [9.17, 15) is 24.6 Å². The summed E-state index contributed by atoms with van der Waals surface area (Å²) in [5, 5.41) is 21.0. The summed E-state index contributed by atoms with van der Waals surface area (Å²) in [6.07, 6.45) is 0. The van der Waals surface area contributed by atoms with Gasteiger partial charge in [0.05, 0.1) is 23.0 Å². The Bertz CT molecular complexity index is 1800. The molecule has 0 amide bonds. The van der Waals surface area contributed by atoms with E-state index in [2.05, 4.69) is 6.07 Å². The molecule has 0 bridgehead atoms. The van der Waals surface area contributed by atoms with E-state index in [1.807, 2.05) is 6.92 Å². The third kappa shape index (κ3) is 6.08. The zero-order valence-corrected chi connectivity index (χ0v) is 22.8. The number of carbonyl (C=O) groups is 1. The minimum atomic E-state index is -0.801. The van der Waals surface area contributed by atoms with Crippen LogP contribution in [-0.4, -0.2) is 17.5 Å². The Morgan fingerprint density at radius 3 is 2.60 bits per heavy atom. The highest BCUT2D eigenvalue weighted by Gasteiger charge is 2.32. The van der Waals surface area contributed by atoms with Crippen LogP contribution < -0.4 is 24.7 Å². The highest BCUT2D eigenvalue weighted by molar-refractivity contribution is 5.91. The highest BCUT2D eigenvalue weighted by Crippen LogP contribution is 2.45. The van der Waals surface area contributed by atoms with Crippen molar-refractivity contribution in [2.45, 2.75) is 19.4 Å². The van der Waals surface area contributed by atoms with Crippen LogP contribution in [-0.2, 0) is 6.61 Å². The maximum atomic E-state index is 14.1. The van der Waals surface area contributed by atoms with Gasteiger partial charge in [0.15, 0.2) is 11.5 Å². The second kappa shape index (κ2) is 12.3. The lowest BCUT2D eigenvalue weighted by Gasteiger charge is -2.27. The van der Waals surface area contributed by atoms with E-state index in [-0.39, 0.29) is 46.6 Å². The molecular weight excluding hydrogens is 557 g/mol. The van der Waals surface area contributed by atoms with Crippen LogP contribution in [0.1, 0.15) is 39.9 Å². The molecule has 4 aromatic carbocycles. The second-order valence-corrected chi connectivity index (χ2v) is 9.34. The average Bonchev–Trinajstić information content (AvgIpc) is 3.00. The van der Waals surface area contributed by atoms with Crippen molar-refractivity contribution in [2.75, 3.05) is 6.61 Å². The highest BCUT2D eigenvalue weighted by atomic mass is 19.1. The van der Waals surface area contributed by atoms with E-state index in [4.69, 9.17) is 24.7 Å². The van der Waals surface area contributed by atoms with Crippen LogP contribution in [0.15, 0.2) is 96.4 Å². The molecule has 11 heteroatoms. The number of nitriles is 1. The molecule has 4 aromatic rings. The van der Waals surface area contributed by atoms with Crippen LogP contribution in [0.25, 0.3) is 0 Å². The largest absolute Gasteiger partial charge is 0.490 e. The first-order valence-electron chi connectivity index (χ1n) is 13.1. The molecule has 0 aromatic heterocycles. The minimum absolute atomic E-state index is 0.00217. The summed E-state index contributed by atoms with van der Waals surface area (Å²) in [7, 11) is 0. The molecule has 0 saturated heterocycles. The molecule has 0 spiro atoms. The first-order valence-corrected chi connectivity index (χ1v) is 13.1. The summed E-state index contributed by atoms with van der Waals surface area (Å²) in [6, 6.07) is 23.4. The Balaban J connectivity index is 1.44. The van der Waals surface area contributed by atoms with Gasteiger partial charge in [-0.15, -0.1) is 0 Å². The lowest BCUT2D eigenvalue weighted by molar-refractivity contribution is -0.384. The Kier molecular flexibility index (Phi) is 8.20. The van der Waals surface area contributed by atoms with Crippen molar-refractivity contribution < 1.29 is 33.1 Å². The molecule has 5 rings (SSSR count). The molecular formula is C32H24FN3O7. The number of fused-ring (bicyclic) bond motifs is 1. The number of nitrogens with two attached hydrogens (primary N) is 1. The number of halogens is 1. The number of carbonyl (C=O) groups excluding carboxylic acids is 1. The van der Waals surface area contributed by atoms with E-state index >= 15 is 0 Å². The lowest BCUT2D eigenvalue weighted by atomic mass is 9.83. The molecule has 1 unspecified atom stereocenters. The molecule has 216 valence electrons. The zero-order chi connectivity index (χ0) is 30.5. The van der Waals surface area contributed by atoms with Gasteiger partial charge in [0.2, 0.25) is 5.88 Å². The first kappa shape index (κ1) is 28.6. The van der Waals surface area contributed by atoms with Crippen LogP contribution >= 0.6 is 0 Å². The summed E-state index contributed by atoms with van der Waals surface area (Å²) < 4.78 is 37.0. The molecule has 0 aliphatic carbocycles. The maximum absolute atomic E-state index is 14.1. The van der Waals surface area contributed by atoms with Gasteiger partial charge < -0.3 is 24.7 Å². The molecule has 1 aliphatic rings. The predicted octanol–water partition coefficient (Wildman–Crippen LogP) is 6.15. The standard InChI is InChI=1S/C32H24FN3O7/c1-2-40-29-15-19(10-13-27(29)41-18-21-6-3-4-9-26(21)33)30-24-12-11-23(16-28(24)43-31(35)25(30)17-34)42-32(37)20-7-5-8-22(14-20)36(38)39/h3-16,30H,2,18,35H2,1H3. The van der Waals surface area contributed by atoms with E-state index in [1.54, 1.807) is 42.5 Å². The third-order valence-electron chi connectivity index (χ3n) is 6.64. The molecule has 0 radical (unpaired) electrons. The SMILES string of the molecule is CCOc1cc(C2C(C#N)=C(N)Oc3cc(OC(=O)c4cccc([N+](=O)[O-])c4)ccc32)ccc1OCc1ccccc1F. The van der Waals surface area contributed by atoms with Crippen molar-refractivity contribution in [2.24, 2.45) is 5.73 Å². The summed E-state index contributed by atoms with van der Waals surface area (Å²) >= 11 is 0. The van der Waals surface area contributed by atoms with E-state index in [0.717, 1.165) is 6.07 Å². The van der Waals surface area contributed by atoms with Crippen molar-refractivity contribution in [3.05, 3.63) is 135 Å². The van der Waals surface area contributed by atoms with Gasteiger partial charge in [0, 0.05) is 29.3 Å². The Hall–Kier alpha value is -5.89. The molecule has 1 atom stereocenters.